The maximum Gasteiger partial charge on any atom is 0.126 e. The van der Waals surface area contributed by atoms with Gasteiger partial charge in [0.1, 0.15) is 11.5 Å². The van der Waals surface area contributed by atoms with Gasteiger partial charge in [-0.1, -0.05) is 19.1 Å². The Labute approximate surface area is 85.2 Å². The number of allylic oxidation sites excluding steroid dienone is 1. The molecular weight excluding hydrogens is 176 g/mol. The van der Waals surface area contributed by atoms with Gasteiger partial charge in [-0.3, -0.25) is 0 Å². The van der Waals surface area contributed by atoms with Crippen molar-refractivity contribution in [3.8, 4) is 11.5 Å². The molecule has 0 unspecified atom stereocenters. The third-order valence-corrected chi connectivity index (χ3v) is 1.97. The first-order chi connectivity index (χ1) is 6.81. The molecule has 0 N–H and O–H groups in total. The molecule has 0 aliphatic heterocycles. The molecule has 0 saturated carbocycles. The fourth-order valence-corrected chi connectivity index (χ4v) is 1.21. The molecule has 0 aromatic heterocycles. The van der Waals surface area contributed by atoms with Crippen molar-refractivity contribution in [1.29, 1.82) is 0 Å². The zero-order valence-corrected chi connectivity index (χ0v) is 8.91. The highest BCUT2D eigenvalue weighted by atomic mass is 16.5. The van der Waals surface area contributed by atoms with Gasteiger partial charge < -0.3 is 9.47 Å². The summed E-state index contributed by atoms with van der Waals surface area (Å²) in [6.45, 7) is 2.10. The third kappa shape index (κ3) is 2.52. The highest BCUT2D eigenvalue weighted by Gasteiger charge is 2.00. The summed E-state index contributed by atoms with van der Waals surface area (Å²) in [6.07, 6.45) is 5.15. The van der Waals surface area contributed by atoms with E-state index in [1.54, 1.807) is 14.2 Å². The van der Waals surface area contributed by atoms with Gasteiger partial charge in [-0.2, -0.15) is 0 Å². The lowest BCUT2D eigenvalue weighted by Crippen LogP contribution is -1.89. The zero-order valence-electron chi connectivity index (χ0n) is 8.91. The van der Waals surface area contributed by atoms with Crippen LogP contribution in [0, 0.1) is 0 Å². The standard InChI is InChI=1S/C12H16O2/c1-4-5-6-10-9-11(13-2)7-8-12(10)14-3/h5-9H,4H2,1-3H3/b6-5-. The summed E-state index contributed by atoms with van der Waals surface area (Å²) in [5.74, 6) is 1.72. The van der Waals surface area contributed by atoms with E-state index < -0.39 is 0 Å². The molecule has 0 fully saturated rings. The Balaban J connectivity index is 3.02. The van der Waals surface area contributed by atoms with Crippen LogP contribution < -0.4 is 9.47 Å². The normalized spacial score (nSPS) is 10.5. The van der Waals surface area contributed by atoms with Gasteiger partial charge in [0, 0.05) is 5.56 Å². The molecule has 1 aromatic rings. The second kappa shape index (κ2) is 5.32. The Bertz CT molecular complexity index is 316. The van der Waals surface area contributed by atoms with Crippen LogP contribution in [0.25, 0.3) is 6.08 Å². The van der Waals surface area contributed by atoms with Crippen molar-refractivity contribution in [3.63, 3.8) is 0 Å². The first-order valence-electron chi connectivity index (χ1n) is 4.70. The fraction of sp³-hybridized carbons (Fsp3) is 0.333. The maximum absolute atomic E-state index is 5.24. The summed E-state index contributed by atoms with van der Waals surface area (Å²) in [6, 6.07) is 5.77. The van der Waals surface area contributed by atoms with Gasteiger partial charge in [0.2, 0.25) is 0 Å². The lowest BCUT2D eigenvalue weighted by Gasteiger charge is -2.06. The number of rotatable bonds is 4. The predicted molar refractivity (Wildman–Crippen MR) is 58.9 cm³/mol. The van der Waals surface area contributed by atoms with Gasteiger partial charge in [-0.25, -0.2) is 0 Å². The molecule has 1 aromatic carbocycles. The Morgan fingerprint density at radius 2 is 2.00 bits per heavy atom. The van der Waals surface area contributed by atoms with Gasteiger partial charge >= 0.3 is 0 Å². The average molecular weight is 192 g/mol. The first-order valence-corrected chi connectivity index (χ1v) is 4.70. The van der Waals surface area contributed by atoms with Crippen molar-refractivity contribution < 1.29 is 9.47 Å². The summed E-state index contributed by atoms with van der Waals surface area (Å²) in [4.78, 5) is 0. The Hall–Kier alpha value is -1.44. The van der Waals surface area contributed by atoms with Crippen LogP contribution in [0.2, 0.25) is 0 Å². The molecule has 0 spiro atoms. The largest absolute Gasteiger partial charge is 0.497 e. The van der Waals surface area contributed by atoms with Gasteiger partial charge in [0.25, 0.3) is 0 Å². The second-order valence-corrected chi connectivity index (χ2v) is 2.92. The molecule has 0 aliphatic rings. The summed E-state index contributed by atoms with van der Waals surface area (Å²) in [5, 5.41) is 0. The molecule has 76 valence electrons. The third-order valence-electron chi connectivity index (χ3n) is 1.97. The van der Waals surface area contributed by atoms with E-state index in [1.807, 2.05) is 24.3 Å². The van der Waals surface area contributed by atoms with Crippen LogP contribution in [0.15, 0.2) is 24.3 Å². The summed E-state index contributed by atoms with van der Waals surface area (Å²) in [7, 11) is 3.33. The molecule has 2 nitrogen and oxygen atoms in total. The molecule has 14 heavy (non-hydrogen) atoms. The summed E-state index contributed by atoms with van der Waals surface area (Å²) >= 11 is 0. The highest BCUT2D eigenvalue weighted by Crippen LogP contribution is 2.25. The average Bonchev–Trinajstić information content (AvgIpc) is 2.25. The predicted octanol–water partition coefficient (Wildman–Crippen LogP) is 3.13. The van der Waals surface area contributed by atoms with E-state index in [1.165, 1.54) is 0 Å². The van der Waals surface area contributed by atoms with E-state index in [0.717, 1.165) is 23.5 Å². The van der Waals surface area contributed by atoms with Crippen molar-refractivity contribution in [3.05, 3.63) is 29.8 Å². The van der Waals surface area contributed by atoms with Crippen LogP contribution in [-0.2, 0) is 0 Å². The van der Waals surface area contributed by atoms with Gasteiger partial charge in [0.05, 0.1) is 14.2 Å². The van der Waals surface area contributed by atoms with E-state index in [9.17, 15) is 0 Å². The molecule has 0 bridgehead atoms. The number of hydrogen-bond acceptors (Lipinski definition) is 2. The van der Waals surface area contributed by atoms with E-state index in [0.29, 0.717) is 0 Å². The van der Waals surface area contributed by atoms with Crippen LogP contribution in [0.5, 0.6) is 11.5 Å². The van der Waals surface area contributed by atoms with E-state index in [4.69, 9.17) is 9.47 Å². The van der Waals surface area contributed by atoms with E-state index in [-0.39, 0.29) is 0 Å². The minimum absolute atomic E-state index is 0.849. The van der Waals surface area contributed by atoms with Crippen molar-refractivity contribution in [1.82, 2.24) is 0 Å². The number of methoxy groups -OCH3 is 2. The van der Waals surface area contributed by atoms with Crippen molar-refractivity contribution in [2.45, 2.75) is 13.3 Å². The highest BCUT2D eigenvalue weighted by molar-refractivity contribution is 5.59. The van der Waals surface area contributed by atoms with E-state index in [2.05, 4.69) is 13.0 Å². The monoisotopic (exact) mass is 192 g/mol. The Kier molecular flexibility index (Phi) is 4.05. The minimum Gasteiger partial charge on any atom is -0.497 e. The molecule has 1 rings (SSSR count). The first kappa shape index (κ1) is 10.6. The smallest absolute Gasteiger partial charge is 0.126 e. The molecule has 0 aliphatic carbocycles. The van der Waals surface area contributed by atoms with Crippen molar-refractivity contribution in [2.24, 2.45) is 0 Å². The quantitative estimate of drug-likeness (QED) is 0.729. The molecule has 0 saturated heterocycles. The van der Waals surface area contributed by atoms with E-state index >= 15 is 0 Å². The van der Waals surface area contributed by atoms with Crippen molar-refractivity contribution in [2.75, 3.05) is 14.2 Å². The fourth-order valence-electron chi connectivity index (χ4n) is 1.21. The second-order valence-electron chi connectivity index (χ2n) is 2.92. The van der Waals surface area contributed by atoms with Crippen LogP contribution in [-0.4, -0.2) is 14.2 Å². The van der Waals surface area contributed by atoms with Crippen LogP contribution in [0.3, 0.4) is 0 Å². The zero-order chi connectivity index (χ0) is 10.4. The summed E-state index contributed by atoms with van der Waals surface area (Å²) < 4.78 is 10.4. The topological polar surface area (TPSA) is 18.5 Å². The van der Waals surface area contributed by atoms with Crippen LogP contribution in [0.4, 0.5) is 0 Å². The number of hydrogen-bond donors (Lipinski definition) is 0. The molecule has 0 atom stereocenters. The molecule has 0 radical (unpaired) electrons. The van der Waals surface area contributed by atoms with Crippen molar-refractivity contribution >= 4 is 6.08 Å². The lowest BCUT2D eigenvalue weighted by atomic mass is 10.1. The van der Waals surface area contributed by atoms with Crippen LogP contribution >= 0.6 is 0 Å². The minimum atomic E-state index is 0.849. The summed E-state index contributed by atoms with van der Waals surface area (Å²) in [5.41, 5.74) is 1.05. The van der Waals surface area contributed by atoms with Gasteiger partial charge in [-0.05, 0) is 24.6 Å². The number of benzene rings is 1. The van der Waals surface area contributed by atoms with Gasteiger partial charge in [0.15, 0.2) is 0 Å². The maximum atomic E-state index is 5.24. The lowest BCUT2D eigenvalue weighted by molar-refractivity contribution is 0.402. The molecule has 0 heterocycles. The number of ether oxygens (including phenoxy) is 2. The molecule has 2 heteroatoms. The SMILES string of the molecule is CC/C=C\c1cc(OC)ccc1OC. The Morgan fingerprint density at radius 1 is 1.21 bits per heavy atom. The molecular formula is C12H16O2. The Morgan fingerprint density at radius 3 is 2.57 bits per heavy atom. The van der Waals surface area contributed by atoms with Gasteiger partial charge in [-0.15, -0.1) is 0 Å². The van der Waals surface area contributed by atoms with Crippen LogP contribution in [0.1, 0.15) is 18.9 Å². The molecule has 0 amide bonds.